The van der Waals surface area contributed by atoms with Gasteiger partial charge in [0.1, 0.15) is 11.4 Å². The van der Waals surface area contributed by atoms with Crippen molar-refractivity contribution in [1.29, 1.82) is 0 Å². The van der Waals surface area contributed by atoms with Gasteiger partial charge in [0.15, 0.2) is 5.78 Å². The van der Waals surface area contributed by atoms with E-state index in [4.69, 9.17) is 9.40 Å². The number of allylic oxidation sites excluding steroid dienone is 2. The predicted octanol–water partition coefficient (Wildman–Crippen LogP) is 13.9. The van der Waals surface area contributed by atoms with Gasteiger partial charge in [0.25, 0.3) is 0 Å². The molecule has 0 atom stereocenters. The number of nitrogens with zero attached hydrogens (tertiary/aromatic N) is 1. The van der Waals surface area contributed by atoms with Crippen LogP contribution in [0.2, 0.25) is 0 Å². The minimum atomic E-state index is -0.312. The molecule has 0 unspecified atom stereocenters. The number of hydrogen-bond acceptors (Lipinski definition) is 5. The number of carbonyl (C=O) groups is 1. The van der Waals surface area contributed by atoms with Crippen LogP contribution in [0.4, 0.5) is 4.39 Å². The zero-order valence-electron chi connectivity index (χ0n) is 31.9. The van der Waals surface area contributed by atoms with Crippen LogP contribution in [0.5, 0.6) is 0 Å². The number of rotatable bonds is 9. The summed E-state index contributed by atoms with van der Waals surface area (Å²) in [6.07, 6.45) is 7.81. The van der Waals surface area contributed by atoms with Crippen LogP contribution < -0.4 is 0 Å². The molecule has 0 saturated carbocycles. The molecule has 1 radical (unpaired) electrons. The average Bonchev–Trinajstić information content (AvgIpc) is 3.69. The van der Waals surface area contributed by atoms with Crippen LogP contribution in [0.15, 0.2) is 83.1 Å². The van der Waals surface area contributed by atoms with Gasteiger partial charge in [0, 0.05) is 76.1 Å². The molecule has 3 aromatic heterocycles. The number of hydrogen-bond donors (Lipinski definition) is 1. The summed E-state index contributed by atoms with van der Waals surface area (Å²) in [5.41, 5.74) is 5.84. The molecule has 279 valence electrons. The van der Waals surface area contributed by atoms with Crippen molar-refractivity contribution in [3.05, 3.63) is 102 Å². The predicted molar refractivity (Wildman–Crippen MR) is 218 cm³/mol. The van der Waals surface area contributed by atoms with Crippen LogP contribution >= 0.6 is 11.3 Å². The van der Waals surface area contributed by atoms with E-state index in [2.05, 4.69) is 64.1 Å². The summed E-state index contributed by atoms with van der Waals surface area (Å²) in [7, 11) is 0. The zero-order valence-corrected chi connectivity index (χ0v) is 35.2. The minimum absolute atomic E-state index is 0. The molecule has 3 heterocycles. The second-order valence-corrected chi connectivity index (χ2v) is 16.1. The fourth-order valence-corrected chi connectivity index (χ4v) is 8.66. The Labute approximate surface area is 329 Å². The van der Waals surface area contributed by atoms with Gasteiger partial charge in [0.05, 0.1) is 11.3 Å². The van der Waals surface area contributed by atoms with Crippen molar-refractivity contribution in [3.63, 3.8) is 0 Å². The Morgan fingerprint density at radius 1 is 0.906 bits per heavy atom. The molecule has 0 spiro atoms. The number of benzene rings is 4. The molecule has 7 heteroatoms. The van der Waals surface area contributed by atoms with E-state index in [0.717, 1.165) is 69.6 Å². The molecular formula is C46H49FIrNO3S-. The average molecular weight is 907 g/mol. The topological polar surface area (TPSA) is 63.3 Å². The Bertz CT molecular complexity index is 2440. The van der Waals surface area contributed by atoms with E-state index in [1.165, 1.54) is 44.8 Å². The molecule has 0 aliphatic carbocycles. The first kappa shape index (κ1) is 40.3. The summed E-state index contributed by atoms with van der Waals surface area (Å²) in [6.45, 7) is 17.2. The number of aromatic nitrogens is 1. The molecular weight excluding hydrogens is 858 g/mol. The summed E-state index contributed by atoms with van der Waals surface area (Å²) >= 11 is 1.79. The van der Waals surface area contributed by atoms with Crippen LogP contribution in [0, 0.1) is 36.1 Å². The Morgan fingerprint density at radius 3 is 2.25 bits per heavy atom. The van der Waals surface area contributed by atoms with Gasteiger partial charge >= 0.3 is 0 Å². The van der Waals surface area contributed by atoms with Crippen molar-refractivity contribution in [3.8, 4) is 11.3 Å². The summed E-state index contributed by atoms with van der Waals surface area (Å²) in [5.74, 6) is 0.235. The number of aliphatic hydroxyl groups is 1. The van der Waals surface area contributed by atoms with Gasteiger partial charge in [-0.05, 0) is 84.5 Å². The van der Waals surface area contributed by atoms with E-state index >= 15 is 0 Å². The molecule has 4 nitrogen and oxygen atoms in total. The number of ketones is 1. The van der Waals surface area contributed by atoms with Gasteiger partial charge in [-0.1, -0.05) is 89.7 Å². The van der Waals surface area contributed by atoms with E-state index < -0.39 is 0 Å². The molecule has 7 rings (SSSR count). The van der Waals surface area contributed by atoms with Crippen LogP contribution in [-0.4, -0.2) is 15.9 Å². The number of fused-ring (bicyclic) bond motifs is 8. The first-order chi connectivity index (χ1) is 24.9. The van der Waals surface area contributed by atoms with E-state index in [0.29, 0.717) is 11.2 Å². The minimum Gasteiger partial charge on any atom is -0.512 e. The molecule has 7 aromatic rings. The number of pyridine rings is 1. The quantitative estimate of drug-likeness (QED) is 0.0890. The maximum absolute atomic E-state index is 14.1. The Balaban J connectivity index is 0.000000290. The molecule has 1 N–H and O–H groups in total. The summed E-state index contributed by atoms with van der Waals surface area (Å²) < 4.78 is 22.9. The third kappa shape index (κ3) is 8.13. The zero-order chi connectivity index (χ0) is 37.3. The molecule has 0 aliphatic heterocycles. The van der Waals surface area contributed by atoms with Crippen molar-refractivity contribution in [2.75, 3.05) is 0 Å². The number of aliphatic hydroxyl groups excluding tert-OH is 1. The SMILES string of the molecule is CCC(CC)C(=O)/C=C(\O)C(CC)CC.Cc1c(CC(C)(C)C)ccc2c1sc1c(-c3[c-]c4ccccc4c4c3oc3cc(F)ccc34)nccc12.[Ir]. The normalized spacial score (nSPS) is 12.3. The van der Waals surface area contributed by atoms with E-state index in [-0.39, 0.29) is 54.7 Å². The summed E-state index contributed by atoms with van der Waals surface area (Å²) in [6, 6.07) is 23.2. The Kier molecular flexibility index (Phi) is 12.6. The smallest absolute Gasteiger partial charge is 0.162 e. The van der Waals surface area contributed by atoms with E-state index in [1.807, 2.05) is 46.0 Å². The molecule has 53 heavy (non-hydrogen) atoms. The molecule has 0 fully saturated rings. The number of halogens is 1. The van der Waals surface area contributed by atoms with Gasteiger partial charge in [0.2, 0.25) is 0 Å². The van der Waals surface area contributed by atoms with Crippen molar-refractivity contribution >= 4 is 70.0 Å². The molecule has 0 amide bonds. The maximum Gasteiger partial charge on any atom is 0.162 e. The van der Waals surface area contributed by atoms with E-state index in [1.54, 1.807) is 17.4 Å². The van der Waals surface area contributed by atoms with Crippen LogP contribution in [0.1, 0.15) is 85.3 Å². The van der Waals surface area contributed by atoms with Crippen molar-refractivity contribution in [1.82, 2.24) is 4.98 Å². The van der Waals surface area contributed by atoms with Crippen molar-refractivity contribution in [2.24, 2.45) is 17.3 Å². The van der Waals surface area contributed by atoms with Gasteiger partial charge < -0.3 is 9.52 Å². The second-order valence-electron chi connectivity index (χ2n) is 15.1. The van der Waals surface area contributed by atoms with Gasteiger partial charge in [-0.3, -0.25) is 9.78 Å². The summed E-state index contributed by atoms with van der Waals surface area (Å²) in [5, 5.41) is 16.1. The fourth-order valence-electron chi connectivity index (χ4n) is 7.34. The first-order valence-corrected chi connectivity index (χ1v) is 19.4. The molecule has 0 saturated heterocycles. The number of thiophene rings is 1. The fraction of sp³-hybridized carbons (Fsp3) is 0.348. The monoisotopic (exact) mass is 907 g/mol. The number of aryl methyl sites for hydroxylation is 1. The van der Waals surface area contributed by atoms with Crippen LogP contribution in [0.25, 0.3) is 64.1 Å². The molecule has 0 bridgehead atoms. The standard InChI is InChI=1S/C33H25FNOS.C13H24O2.Ir/c1-18-20(17-33(2,3)4)9-11-23-24-13-14-35-29(32(24)37-31(18)23)26-15-19-7-5-6-8-22(19)28-25-12-10-21(34)16-27(25)36-30(26)28;1-5-10(6-2)12(14)9-13(15)11(7-3)8-4;/h5-14,16H,17H2,1-4H3;9-11,14H,5-8H2,1-4H3;/q-1;;/b;12-9-;. The molecule has 4 aromatic carbocycles. The van der Waals surface area contributed by atoms with Gasteiger partial charge in [-0.25, -0.2) is 4.39 Å². The first-order valence-electron chi connectivity index (χ1n) is 18.6. The Hall–Kier alpha value is -3.90. The van der Waals surface area contributed by atoms with Gasteiger partial charge in [-0.15, -0.1) is 28.9 Å². The van der Waals surface area contributed by atoms with Crippen LogP contribution in [0.3, 0.4) is 0 Å². The third-order valence-electron chi connectivity index (χ3n) is 10.3. The third-order valence-corrected chi connectivity index (χ3v) is 11.6. The van der Waals surface area contributed by atoms with Crippen LogP contribution in [-0.2, 0) is 31.3 Å². The number of furan rings is 1. The van der Waals surface area contributed by atoms with Gasteiger partial charge in [-0.2, -0.15) is 0 Å². The second kappa shape index (κ2) is 16.6. The Morgan fingerprint density at radius 2 is 1.57 bits per heavy atom. The molecule has 0 aliphatic rings. The van der Waals surface area contributed by atoms with Crippen molar-refractivity contribution < 1.29 is 38.8 Å². The number of carbonyl (C=O) groups excluding carboxylic acids is 1. The van der Waals surface area contributed by atoms with E-state index in [9.17, 15) is 14.3 Å². The maximum atomic E-state index is 14.1. The summed E-state index contributed by atoms with van der Waals surface area (Å²) in [4.78, 5) is 16.6. The largest absolute Gasteiger partial charge is 0.512 e. The van der Waals surface area contributed by atoms with Crippen molar-refractivity contribution in [2.45, 2.75) is 87.5 Å².